The number of hydrogen-bond acceptors (Lipinski definition) is 3. The molecule has 1 aromatic carbocycles. The van der Waals surface area contributed by atoms with Crippen LogP contribution in [0.2, 0.25) is 5.02 Å². The van der Waals surface area contributed by atoms with Gasteiger partial charge in [-0.25, -0.2) is 4.98 Å². The summed E-state index contributed by atoms with van der Waals surface area (Å²) in [6.07, 6.45) is 1.67. The molecule has 0 aliphatic carbocycles. The van der Waals surface area contributed by atoms with Gasteiger partial charge in [-0.15, -0.1) is 0 Å². The van der Waals surface area contributed by atoms with Crippen molar-refractivity contribution in [2.24, 2.45) is 0 Å². The molecule has 1 unspecified atom stereocenters. The van der Waals surface area contributed by atoms with E-state index < -0.39 is 10.8 Å². The standard InChI is InChI=1S/C10H12ClN3OS/c1-16(15)6-5-14-8-4-2-3-7(11)9(8)13-10(14)12/h2-4H,5-6H2,1H3,(H2,12,13). The Morgan fingerprint density at radius 3 is 3.00 bits per heavy atom. The maximum absolute atomic E-state index is 11.1. The summed E-state index contributed by atoms with van der Waals surface area (Å²) in [5, 5.41) is 0.584. The minimum Gasteiger partial charge on any atom is -0.369 e. The van der Waals surface area contributed by atoms with Crippen LogP contribution in [0.1, 0.15) is 0 Å². The van der Waals surface area contributed by atoms with Crippen LogP contribution in [0, 0.1) is 0 Å². The van der Waals surface area contributed by atoms with Crippen LogP contribution in [0.25, 0.3) is 11.0 Å². The Hall–Kier alpha value is -1.07. The molecule has 1 aromatic heterocycles. The third-order valence-corrected chi connectivity index (χ3v) is 3.42. The van der Waals surface area contributed by atoms with Crippen molar-refractivity contribution in [1.82, 2.24) is 9.55 Å². The average Bonchev–Trinajstić information content (AvgIpc) is 2.53. The van der Waals surface area contributed by atoms with Crippen LogP contribution in [0.4, 0.5) is 5.95 Å². The molecule has 0 amide bonds. The number of aryl methyl sites for hydroxylation is 1. The first-order valence-electron chi connectivity index (χ1n) is 4.80. The van der Waals surface area contributed by atoms with Gasteiger partial charge in [0.2, 0.25) is 5.95 Å². The molecule has 0 saturated carbocycles. The molecule has 2 aromatic rings. The minimum atomic E-state index is -0.844. The lowest BCUT2D eigenvalue weighted by atomic mass is 10.3. The number of halogens is 1. The fraction of sp³-hybridized carbons (Fsp3) is 0.300. The van der Waals surface area contributed by atoms with Crippen LogP contribution in [0.15, 0.2) is 18.2 Å². The van der Waals surface area contributed by atoms with E-state index in [1.807, 2.05) is 16.7 Å². The van der Waals surface area contributed by atoms with Crippen LogP contribution in [0.5, 0.6) is 0 Å². The molecular formula is C10H12ClN3OS. The zero-order valence-corrected chi connectivity index (χ0v) is 10.4. The van der Waals surface area contributed by atoms with Crippen molar-refractivity contribution in [1.29, 1.82) is 0 Å². The minimum absolute atomic E-state index is 0.411. The molecule has 16 heavy (non-hydrogen) atoms. The van der Waals surface area contributed by atoms with E-state index in [0.717, 1.165) is 5.52 Å². The van der Waals surface area contributed by atoms with E-state index in [9.17, 15) is 4.21 Å². The quantitative estimate of drug-likeness (QED) is 0.910. The number of benzene rings is 1. The Labute approximate surface area is 101 Å². The highest BCUT2D eigenvalue weighted by atomic mass is 35.5. The molecule has 6 heteroatoms. The van der Waals surface area contributed by atoms with E-state index >= 15 is 0 Å². The van der Waals surface area contributed by atoms with Crippen LogP contribution in [-0.4, -0.2) is 25.8 Å². The fourth-order valence-electron chi connectivity index (χ4n) is 1.59. The molecule has 0 spiro atoms. The van der Waals surface area contributed by atoms with Gasteiger partial charge >= 0.3 is 0 Å². The highest BCUT2D eigenvalue weighted by Crippen LogP contribution is 2.24. The van der Waals surface area contributed by atoms with Gasteiger partial charge in [0, 0.05) is 29.4 Å². The smallest absolute Gasteiger partial charge is 0.201 e. The van der Waals surface area contributed by atoms with Gasteiger partial charge in [0.15, 0.2) is 0 Å². The van der Waals surface area contributed by atoms with Crippen molar-refractivity contribution in [2.75, 3.05) is 17.7 Å². The van der Waals surface area contributed by atoms with Crippen molar-refractivity contribution in [2.45, 2.75) is 6.54 Å². The first kappa shape index (κ1) is 11.4. The SMILES string of the molecule is CS(=O)CCn1c(N)nc2c(Cl)cccc21. The number of hydrogen-bond donors (Lipinski definition) is 1. The molecule has 0 aliphatic heterocycles. The molecule has 2 N–H and O–H groups in total. The van der Waals surface area contributed by atoms with Crippen molar-refractivity contribution < 1.29 is 4.21 Å². The third-order valence-electron chi connectivity index (χ3n) is 2.36. The maximum atomic E-state index is 11.1. The highest BCUT2D eigenvalue weighted by molar-refractivity contribution is 7.84. The molecular weight excluding hydrogens is 246 g/mol. The van der Waals surface area contributed by atoms with Crippen LogP contribution >= 0.6 is 11.6 Å². The topological polar surface area (TPSA) is 60.9 Å². The Kier molecular flexibility index (Phi) is 3.16. The zero-order valence-electron chi connectivity index (χ0n) is 8.81. The van der Waals surface area contributed by atoms with Gasteiger partial charge in [-0.3, -0.25) is 4.21 Å². The lowest BCUT2D eigenvalue weighted by Crippen LogP contribution is -2.09. The van der Waals surface area contributed by atoms with Gasteiger partial charge in [-0.2, -0.15) is 0 Å². The summed E-state index contributed by atoms with van der Waals surface area (Å²) in [4.78, 5) is 4.20. The number of nitrogens with two attached hydrogens (primary N) is 1. The first-order valence-corrected chi connectivity index (χ1v) is 6.90. The number of nitrogen functional groups attached to an aromatic ring is 1. The van der Waals surface area contributed by atoms with E-state index in [0.29, 0.717) is 28.8 Å². The van der Waals surface area contributed by atoms with Gasteiger partial charge in [-0.05, 0) is 12.1 Å². The molecule has 0 aliphatic rings. The lowest BCUT2D eigenvalue weighted by molar-refractivity contribution is 0.680. The molecule has 2 rings (SSSR count). The van der Waals surface area contributed by atoms with Crippen LogP contribution in [0.3, 0.4) is 0 Å². The molecule has 0 fully saturated rings. The zero-order chi connectivity index (χ0) is 11.7. The van der Waals surface area contributed by atoms with Crippen molar-refractivity contribution in [3.05, 3.63) is 23.2 Å². The number of imidazole rings is 1. The Balaban J connectivity index is 2.48. The second-order valence-electron chi connectivity index (χ2n) is 3.51. The first-order chi connectivity index (χ1) is 7.59. The molecule has 86 valence electrons. The predicted molar refractivity (Wildman–Crippen MR) is 68.1 cm³/mol. The molecule has 4 nitrogen and oxygen atoms in total. The van der Waals surface area contributed by atoms with Crippen LogP contribution in [-0.2, 0) is 17.3 Å². The molecule has 0 radical (unpaired) electrons. The third kappa shape index (κ3) is 2.05. The highest BCUT2D eigenvalue weighted by Gasteiger charge is 2.10. The molecule has 1 atom stereocenters. The normalized spacial score (nSPS) is 13.1. The molecule has 1 heterocycles. The monoisotopic (exact) mass is 257 g/mol. The van der Waals surface area contributed by atoms with Crippen LogP contribution < -0.4 is 5.73 Å². The van der Waals surface area contributed by atoms with Gasteiger partial charge in [0.05, 0.1) is 10.5 Å². The van der Waals surface area contributed by atoms with Gasteiger partial charge in [0.1, 0.15) is 5.52 Å². The summed E-state index contributed by atoms with van der Waals surface area (Å²) in [5.74, 6) is 0.968. The number of para-hydroxylation sites is 1. The summed E-state index contributed by atoms with van der Waals surface area (Å²) < 4.78 is 12.9. The largest absolute Gasteiger partial charge is 0.369 e. The van der Waals surface area contributed by atoms with Gasteiger partial charge < -0.3 is 10.3 Å². The summed E-state index contributed by atoms with van der Waals surface area (Å²) >= 11 is 6.01. The lowest BCUT2D eigenvalue weighted by Gasteiger charge is -2.04. The van der Waals surface area contributed by atoms with E-state index in [4.69, 9.17) is 17.3 Å². The molecule has 0 bridgehead atoms. The fourth-order valence-corrected chi connectivity index (χ4v) is 2.24. The van der Waals surface area contributed by atoms with E-state index in [1.54, 1.807) is 12.3 Å². The average molecular weight is 258 g/mol. The second kappa shape index (κ2) is 4.43. The van der Waals surface area contributed by atoms with Gasteiger partial charge in [-0.1, -0.05) is 17.7 Å². The Morgan fingerprint density at radius 2 is 2.31 bits per heavy atom. The van der Waals surface area contributed by atoms with E-state index in [2.05, 4.69) is 4.98 Å². The number of nitrogens with zero attached hydrogens (tertiary/aromatic N) is 2. The van der Waals surface area contributed by atoms with Crippen molar-refractivity contribution >= 4 is 39.4 Å². The number of rotatable bonds is 3. The summed E-state index contributed by atoms with van der Waals surface area (Å²) in [6, 6.07) is 5.53. The van der Waals surface area contributed by atoms with Gasteiger partial charge in [0.25, 0.3) is 0 Å². The number of fused-ring (bicyclic) bond motifs is 1. The van der Waals surface area contributed by atoms with E-state index in [-0.39, 0.29) is 0 Å². The predicted octanol–water partition coefficient (Wildman–Crippen LogP) is 1.65. The Morgan fingerprint density at radius 1 is 1.56 bits per heavy atom. The number of aromatic nitrogens is 2. The van der Waals surface area contributed by atoms with Crippen molar-refractivity contribution in [3.63, 3.8) is 0 Å². The second-order valence-corrected chi connectivity index (χ2v) is 5.47. The summed E-state index contributed by atoms with van der Waals surface area (Å²) in [5.41, 5.74) is 7.39. The molecule has 0 saturated heterocycles. The number of anilines is 1. The maximum Gasteiger partial charge on any atom is 0.201 e. The summed E-state index contributed by atoms with van der Waals surface area (Å²) in [6.45, 7) is 0.589. The van der Waals surface area contributed by atoms with E-state index in [1.165, 1.54) is 0 Å². The Bertz CT molecular complexity index is 552. The van der Waals surface area contributed by atoms with Crippen molar-refractivity contribution in [3.8, 4) is 0 Å². The summed E-state index contributed by atoms with van der Waals surface area (Å²) in [7, 11) is -0.844.